The fourth-order valence-electron chi connectivity index (χ4n) is 4.96. The van der Waals surface area contributed by atoms with Crippen molar-refractivity contribution < 1.29 is 27.5 Å². The van der Waals surface area contributed by atoms with E-state index in [2.05, 4.69) is 5.32 Å². The minimum absolute atomic E-state index is 0.00248. The van der Waals surface area contributed by atoms with Gasteiger partial charge in [-0.15, -0.1) is 0 Å². The molecule has 4 rings (SSSR count). The van der Waals surface area contributed by atoms with Crippen molar-refractivity contribution in [3.63, 3.8) is 0 Å². The minimum atomic E-state index is -4.28. The molecule has 0 bridgehead atoms. The number of nitrogens with one attached hydrogen (secondary N) is 1. The molecule has 45 heavy (non-hydrogen) atoms. The van der Waals surface area contributed by atoms with E-state index in [1.807, 2.05) is 68.4 Å². The summed E-state index contributed by atoms with van der Waals surface area (Å²) in [5.74, 6) is -0.282. The van der Waals surface area contributed by atoms with Gasteiger partial charge in [0.15, 0.2) is 0 Å². The molecule has 0 saturated carbocycles. The summed E-state index contributed by atoms with van der Waals surface area (Å²) in [6.45, 7) is 3.63. The number of ether oxygens (including phenoxy) is 2. The van der Waals surface area contributed by atoms with E-state index < -0.39 is 28.5 Å². The Balaban J connectivity index is 1.84. The van der Waals surface area contributed by atoms with E-state index in [4.69, 9.17) is 9.47 Å². The number of amides is 2. The lowest BCUT2D eigenvalue weighted by molar-refractivity contribution is -0.140. The van der Waals surface area contributed by atoms with Crippen molar-refractivity contribution in [2.24, 2.45) is 0 Å². The lowest BCUT2D eigenvalue weighted by atomic mass is 10.0. The first kappa shape index (κ1) is 33.1. The topological polar surface area (TPSA) is 105 Å². The molecule has 9 nitrogen and oxygen atoms in total. The molecule has 10 heteroatoms. The van der Waals surface area contributed by atoms with Gasteiger partial charge in [-0.25, -0.2) is 8.42 Å². The van der Waals surface area contributed by atoms with Gasteiger partial charge in [0, 0.05) is 25.6 Å². The lowest BCUT2D eigenvalue weighted by Crippen LogP contribution is -2.53. The van der Waals surface area contributed by atoms with Crippen LogP contribution in [0.3, 0.4) is 0 Å². The van der Waals surface area contributed by atoms with Crippen LogP contribution in [0, 0.1) is 6.92 Å². The molecule has 0 aliphatic heterocycles. The largest absolute Gasteiger partial charge is 0.497 e. The van der Waals surface area contributed by atoms with Crippen LogP contribution in [0.4, 0.5) is 5.69 Å². The standard InChI is InChI=1S/C35H39N3O6S/c1-5-36-35(40)32(22-27-12-8-6-9-13-27)37(24-28-18-16-26(2)17-19-28)34(39)25-38(45(41,42)30-14-10-7-11-15-30)31-23-29(43-3)20-21-33(31)44-4/h6-21,23,32H,5,22,24-25H2,1-4H3,(H,36,40)/t32-/m0/s1. The van der Waals surface area contributed by atoms with Crippen LogP contribution in [-0.4, -0.2) is 58.5 Å². The van der Waals surface area contributed by atoms with E-state index in [0.717, 1.165) is 21.0 Å². The van der Waals surface area contributed by atoms with Crippen molar-refractivity contribution in [3.8, 4) is 11.5 Å². The first-order chi connectivity index (χ1) is 21.7. The number of sulfonamides is 1. The van der Waals surface area contributed by atoms with Gasteiger partial charge in [0.25, 0.3) is 10.0 Å². The molecule has 0 fully saturated rings. The van der Waals surface area contributed by atoms with E-state index in [9.17, 15) is 18.0 Å². The van der Waals surface area contributed by atoms with Gasteiger partial charge < -0.3 is 19.7 Å². The zero-order valence-corrected chi connectivity index (χ0v) is 26.8. The third kappa shape index (κ3) is 8.21. The highest BCUT2D eigenvalue weighted by atomic mass is 32.2. The van der Waals surface area contributed by atoms with Crippen molar-refractivity contribution in [2.45, 2.75) is 37.8 Å². The Labute approximate surface area is 265 Å². The van der Waals surface area contributed by atoms with Crippen molar-refractivity contribution in [3.05, 3.63) is 120 Å². The molecule has 2 amide bonds. The van der Waals surface area contributed by atoms with Crippen molar-refractivity contribution in [1.82, 2.24) is 10.2 Å². The Morgan fingerprint density at radius 2 is 1.47 bits per heavy atom. The van der Waals surface area contributed by atoms with E-state index in [1.165, 1.54) is 37.3 Å². The van der Waals surface area contributed by atoms with Gasteiger partial charge in [-0.1, -0.05) is 78.4 Å². The van der Waals surface area contributed by atoms with Gasteiger partial charge in [-0.3, -0.25) is 13.9 Å². The minimum Gasteiger partial charge on any atom is -0.497 e. The Hall–Kier alpha value is -4.83. The van der Waals surface area contributed by atoms with Crippen LogP contribution < -0.4 is 19.1 Å². The van der Waals surface area contributed by atoms with Crippen LogP contribution in [0.25, 0.3) is 0 Å². The first-order valence-corrected chi connectivity index (χ1v) is 16.1. The van der Waals surface area contributed by atoms with E-state index in [0.29, 0.717) is 12.3 Å². The summed E-state index contributed by atoms with van der Waals surface area (Å²) < 4.78 is 40.4. The van der Waals surface area contributed by atoms with Gasteiger partial charge in [0.1, 0.15) is 24.1 Å². The fourth-order valence-corrected chi connectivity index (χ4v) is 6.40. The second kappa shape index (κ2) is 15.3. The van der Waals surface area contributed by atoms with E-state index in [1.54, 1.807) is 30.3 Å². The molecule has 0 saturated heterocycles. The zero-order valence-electron chi connectivity index (χ0n) is 26.0. The van der Waals surface area contributed by atoms with Crippen LogP contribution in [0.15, 0.2) is 108 Å². The molecule has 1 atom stereocenters. The van der Waals surface area contributed by atoms with Gasteiger partial charge in [-0.2, -0.15) is 0 Å². The maximum atomic E-state index is 14.5. The van der Waals surface area contributed by atoms with Gasteiger partial charge >= 0.3 is 0 Å². The Bertz CT molecular complexity index is 1680. The number of likely N-dealkylation sites (N-methyl/N-ethyl adjacent to an activating group) is 1. The van der Waals surface area contributed by atoms with Gasteiger partial charge in [0.05, 0.1) is 24.8 Å². The molecule has 4 aromatic rings. The van der Waals surface area contributed by atoms with Crippen LogP contribution >= 0.6 is 0 Å². The number of carbonyl (C=O) groups excluding carboxylic acids is 2. The normalized spacial score (nSPS) is 11.7. The summed E-state index contributed by atoms with van der Waals surface area (Å²) >= 11 is 0. The monoisotopic (exact) mass is 629 g/mol. The molecule has 0 radical (unpaired) electrons. The summed E-state index contributed by atoms with van der Waals surface area (Å²) in [6.07, 6.45) is 0.234. The van der Waals surface area contributed by atoms with Crippen LogP contribution in [0.2, 0.25) is 0 Å². The SMILES string of the molecule is CCNC(=O)[C@H](Cc1ccccc1)N(Cc1ccc(C)cc1)C(=O)CN(c1cc(OC)ccc1OC)S(=O)(=O)c1ccccc1. The van der Waals surface area contributed by atoms with Gasteiger partial charge in [0.2, 0.25) is 11.8 Å². The molecule has 236 valence electrons. The molecular formula is C35H39N3O6S. The number of methoxy groups -OCH3 is 2. The zero-order chi connectivity index (χ0) is 32.4. The maximum absolute atomic E-state index is 14.5. The quantitative estimate of drug-likeness (QED) is 0.211. The molecule has 0 aliphatic rings. The van der Waals surface area contributed by atoms with Crippen molar-refractivity contribution in [1.29, 1.82) is 0 Å². The van der Waals surface area contributed by atoms with Crippen LogP contribution in [0.1, 0.15) is 23.6 Å². The fraction of sp³-hybridized carbons (Fsp3) is 0.257. The summed E-state index contributed by atoms with van der Waals surface area (Å²) in [6, 6.07) is 28.8. The molecular weight excluding hydrogens is 590 g/mol. The van der Waals surface area contributed by atoms with E-state index in [-0.39, 0.29) is 35.2 Å². The summed E-state index contributed by atoms with van der Waals surface area (Å²) in [7, 11) is -1.39. The third-order valence-electron chi connectivity index (χ3n) is 7.36. The highest BCUT2D eigenvalue weighted by Crippen LogP contribution is 2.36. The van der Waals surface area contributed by atoms with Gasteiger partial charge in [-0.05, 0) is 49.2 Å². The predicted octanol–water partition coefficient (Wildman–Crippen LogP) is 4.98. The van der Waals surface area contributed by atoms with E-state index >= 15 is 0 Å². The summed E-state index contributed by atoms with van der Waals surface area (Å²) in [4.78, 5) is 29.6. The number of aryl methyl sites for hydroxylation is 1. The molecule has 0 aliphatic carbocycles. The predicted molar refractivity (Wildman–Crippen MR) is 175 cm³/mol. The average Bonchev–Trinajstić information content (AvgIpc) is 3.06. The molecule has 1 N–H and O–H groups in total. The third-order valence-corrected chi connectivity index (χ3v) is 9.13. The number of nitrogens with zero attached hydrogens (tertiary/aromatic N) is 2. The highest BCUT2D eigenvalue weighted by Gasteiger charge is 2.35. The molecule has 4 aromatic carbocycles. The lowest BCUT2D eigenvalue weighted by Gasteiger charge is -2.34. The number of benzene rings is 4. The van der Waals surface area contributed by atoms with Crippen LogP contribution in [0.5, 0.6) is 11.5 Å². The Morgan fingerprint density at radius 3 is 2.07 bits per heavy atom. The average molecular weight is 630 g/mol. The molecule has 0 spiro atoms. The number of hydrogen-bond donors (Lipinski definition) is 1. The summed E-state index contributed by atoms with van der Waals surface area (Å²) in [5.41, 5.74) is 2.83. The maximum Gasteiger partial charge on any atom is 0.264 e. The molecule has 0 aromatic heterocycles. The van der Waals surface area contributed by atoms with Crippen molar-refractivity contribution >= 4 is 27.5 Å². The Morgan fingerprint density at radius 1 is 0.822 bits per heavy atom. The van der Waals surface area contributed by atoms with Crippen LogP contribution in [-0.2, 0) is 32.6 Å². The second-order valence-corrected chi connectivity index (χ2v) is 12.3. The van der Waals surface area contributed by atoms with Crippen molar-refractivity contribution in [2.75, 3.05) is 31.6 Å². The highest BCUT2D eigenvalue weighted by molar-refractivity contribution is 7.92. The second-order valence-electron chi connectivity index (χ2n) is 10.5. The molecule has 0 unspecified atom stereocenters. The number of hydrogen-bond acceptors (Lipinski definition) is 6. The molecule has 0 heterocycles. The first-order valence-electron chi connectivity index (χ1n) is 14.6. The number of carbonyl (C=O) groups is 2. The Kier molecular flexibility index (Phi) is 11.2. The number of anilines is 1. The summed E-state index contributed by atoms with van der Waals surface area (Å²) in [5, 5.41) is 2.87. The smallest absolute Gasteiger partial charge is 0.264 e. The number of rotatable bonds is 14.